The highest BCUT2D eigenvalue weighted by Gasteiger charge is 2.16. The highest BCUT2D eigenvalue weighted by molar-refractivity contribution is 9.09. The summed E-state index contributed by atoms with van der Waals surface area (Å²) >= 11 is 8.88. The summed E-state index contributed by atoms with van der Waals surface area (Å²) in [6, 6.07) is 4.26. The van der Waals surface area contributed by atoms with E-state index in [9.17, 15) is 9.18 Å². The minimum Gasteiger partial charge on any atom is -0.298 e. The molecule has 0 amide bonds. The Kier molecular flexibility index (Phi) is 4.08. The van der Waals surface area contributed by atoms with Gasteiger partial charge in [-0.05, 0) is 30.2 Å². The van der Waals surface area contributed by atoms with Crippen LogP contribution in [0.2, 0.25) is 0 Å². The first-order valence-corrected chi connectivity index (χ1v) is 5.50. The monoisotopic (exact) mass is 278 g/mol. The van der Waals surface area contributed by atoms with Gasteiger partial charge in [0, 0.05) is 5.88 Å². The van der Waals surface area contributed by atoms with Gasteiger partial charge in [0.15, 0.2) is 0 Å². The van der Waals surface area contributed by atoms with E-state index in [-0.39, 0.29) is 17.5 Å². The molecule has 1 rings (SSSR count). The number of rotatable bonds is 3. The van der Waals surface area contributed by atoms with Crippen molar-refractivity contribution in [3.63, 3.8) is 0 Å². The summed E-state index contributed by atoms with van der Waals surface area (Å²) in [4.78, 5) is 10.6. The fourth-order valence-electron chi connectivity index (χ4n) is 1.14. The van der Waals surface area contributed by atoms with Gasteiger partial charge in [-0.1, -0.05) is 22.0 Å². The van der Waals surface area contributed by atoms with Gasteiger partial charge >= 0.3 is 0 Å². The second-order valence-electron chi connectivity index (χ2n) is 2.95. The Hall–Kier alpha value is -0.410. The van der Waals surface area contributed by atoms with E-state index in [0.717, 1.165) is 5.56 Å². The first-order chi connectivity index (χ1) is 6.56. The molecular formula is C10H9BrClFO. The Labute approximate surface area is 95.4 Å². The minimum atomic E-state index is -0.480. The first-order valence-electron chi connectivity index (χ1n) is 4.05. The topological polar surface area (TPSA) is 17.1 Å². The molecule has 0 aromatic heterocycles. The maximum absolute atomic E-state index is 12.9. The zero-order valence-electron chi connectivity index (χ0n) is 7.56. The lowest BCUT2D eigenvalue weighted by Gasteiger charge is -2.10. The van der Waals surface area contributed by atoms with E-state index in [1.54, 1.807) is 6.07 Å². The Bertz CT molecular complexity index is 354. The highest BCUT2D eigenvalue weighted by Crippen LogP contribution is 2.28. The van der Waals surface area contributed by atoms with Gasteiger partial charge in [0.25, 0.3) is 0 Å². The average molecular weight is 280 g/mol. The molecule has 0 aliphatic heterocycles. The average Bonchev–Trinajstić information content (AvgIpc) is 2.16. The van der Waals surface area contributed by atoms with Crippen molar-refractivity contribution in [3.05, 3.63) is 35.1 Å². The van der Waals surface area contributed by atoms with Crippen molar-refractivity contribution in [2.75, 3.05) is 0 Å². The van der Waals surface area contributed by atoms with Crippen LogP contribution in [0.4, 0.5) is 4.39 Å². The summed E-state index contributed by atoms with van der Waals surface area (Å²) in [7, 11) is 0. The molecule has 0 heterocycles. The molecule has 1 nitrogen and oxygen atoms in total. The minimum absolute atomic E-state index is 0.0676. The van der Waals surface area contributed by atoms with Gasteiger partial charge < -0.3 is 0 Å². The van der Waals surface area contributed by atoms with Crippen LogP contribution in [0, 0.1) is 5.82 Å². The van der Waals surface area contributed by atoms with Gasteiger partial charge in [-0.3, -0.25) is 4.79 Å². The fourth-order valence-corrected chi connectivity index (χ4v) is 1.81. The third kappa shape index (κ3) is 2.55. The number of Topliss-reactive ketones (excluding diaryl/α,β-unsaturated/α-hetero) is 1. The van der Waals surface area contributed by atoms with Gasteiger partial charge in [0.05, 0.1) is 4.83 Å². The third-order valence-electron chi connectivity index (χ3n) is 1.88. The van der Waals surface area contributed by atoms with E-state index in [0.29, 0.717) is 5.56 Å². The van der Waals surface area contributed by atoms with Gasteiger partial charge in [-0.15, -0.1) is 11.6 Å². The van der Waals surface area contributed by atoms with Gasteiger partial charge in [-0.2, -0.15) is 0 Å². The molecular weight excluding hydrogens is 270 g/mol. The quantitative estimate of drug-likeness (QED) is 0.773. The van der Waals surface area contributed by atoms with Crippen molar-refractivity contribution in [3.8, 4) is 0 Å². The summed E-state index contributed by atoms with van der Waals surface area (Å²) in [5, 5.41) is 0. The molecule has 76 valence electrons. The summed E-state index contributed by atoms with van der Waals surface area (Å²) in [5.74, 6) is -0.160. The second-order valence-corrected chi connectivity index (χ2v) is 4.13. The van der Waals surface area contributed by atoms with Crippen LogP contribution in [0.25, 0.3) is 0 Å². The largest absolute Gasteiger partial charge is 0.298 e. The number of ketones is 1. The lowest BCUT2D eigenvalue weighted by molar-refractivity contribution is -0.116. The molecule has 0 fully saturated rings. The van der Waals surface area contributed by atoms with Crippen LogP contribution in [0.1, 0.15) is 22.9 Å². The number of hydrogen-bond donors (Lipinski definition) is 0. The predicted molar refractivity (Wildman–Crippen MR) is 58.3 cm³/mol. The maximum Gasteiger partial charge on any atom is 0.147 e. The molecule has 0 saturated heterocycles. The van der Waals surface area contributed by atoms with Crippen molar-refractivity contribution in [2.45, 2.75) is 17.6 Å². The third-order valence-corrected chi connectivity index (χ3v) is 3.31. The molecule has 0 radical (unpaired) electrons. The lowest BCUT2D eigenvalue weighted by atomic mass is 10.0. The van der Waals surface area contributed by atoms with Crippen LogP contribution in [-0.2, 0) is 10.7 Å². The number of carbonyl (C=O) groups is 1. The molecule has 1 unspecified atom stereocenters. The molecule has 14 heavy (non-hydrogen) atoms. The standard InChI is InChI=1S/C10H9BrClFO/c1-6(14)10(11)9-4-8(13)3-2-7(9)5-12/h2-4,10H,5H2,1H3. The first kappa shape index (κ1) is 11.7. The van der Waals surface area contributed by atoms with Crippen molar-refractivity contribution >= 4 is 33.3 Å². The van der Waals surface area contributed by atoms with E-state index >= 15 is 0 Å². The number of halogens is 3. The van der Waals surface area contributed by atoms with E-state index in [1.807, 2.05) is 0 Å². The van der Waals surface area contributed by atoms with Gasteiger partial charge in [-0.25, -0.2) is 4.39 Å². The van der Waals surface area contributed by atoms with Crippen LogP contribution in [0.3, 0.4) is 0 Å². The predicted octanol–water partition coefficient (Wildman–Crippen LogP) is 3.59. The molecule has 0 aliphatic rings. The molecule has 1 atom stereocenters. The van der Waals surface area contributed by atoms with E-state index in [1.165, 1.54) is 19.1 Å². The van der Waals surface area contributed by atoms with Crippen molar-refractivity contribution in [2.24, 2.45) is 0 Å². The molecule has 0 saturated carbocycles. The molecule has 0 N–H and O–H groups in total. The number of alkyl halides is 2. The maximum atomic E-state index is 12.9. The van der Waals surface area contributed by atoms with Crippen molar-refractivity contribution in [1.29, 1.82) is 0 Å². The van der Waals surface area contributed by atoms with Crippen LogP contribution in [0.5, 0.6) is 0 Å². The zero-order chi connectivity index (χ0) is 10.7. The van der Waals surface area contributed by atoms with Crippen molar-refractivity contribution < 1.29 is 9.18 Å². The lowest BCUT2D eigenvalue weighted by Crippen LogP contribution is -2.04. The molecule has 1 aromatic rings. The Morgan fingerprint density at radius 2 is 2.29 bits per heavy atom. The molecule has 0 bridgehead atoms. The molecule has 0 aliphatic carbocycles. The van der Waals surface area contributed by atoms with Gasteiger partial charge in [0.1, 0.15) is 11.6 Å². The summed E-state index contributed by atoms with van der Waals surface area (Å²) in [6.45, 7) is 1.45. The number of carbonyl (C=O) groups excluding carboxylic acids is 1. The summed E-state index contributed by atoms with van der Waals surface area (Å²) < 4.78 is 12.9. The second kappa shape index (κ2) is 4.89. The highest BCUT2D eigenvalue weighted by atomic mass is 79.9. The van der Waals surface area contributed by atoms with E-state index < -0.39 is 4.83 Å². The van der Waals surface area contributed by atoms with Crippen molar-refractivity contribution in [1.82, 2.24) is 0 Å². The van der Waals surface area contributed by atoms with Crippen LogP contribution < -0.4 is 0 Å². The number of benzene rings is 1. The normalized spacial score (nSPS) is 12.6. The van der Waals surface area contributed by atoms with Crippen LogP contribution in [-0.4, -0.2) is 5.78 Å². The summed E-state index contributed by atoms with van der Waals surface area (Å²) in [6.07, 6.45) is 0. The number of hydrogen-bond acceptors (Lipinski definition) is 1. The van der Waals surface area contributed by atoms with E-state index in [4.69, 9.17) is 11.6 Å². The Morgan fingerprint density at radius 3 is 2.79 bits per heavy atom. The molecule has 1 aromatic carbocycles. The molecule has 4 heteroatoms. The smallest absolute Gasteiger partial charge is 0.147 e. The van der Waals surface area contributed by atoms with Crippen LogP contribution in [0.15, 0.2) is 18.2 Å². The SMILES string of the molecule is CC(=O)C(Br)c1cc(F)ccc1CCl. The fraction of sp³-hybridized carbons (Fsp3) is 0.300. The van der Waals surface area contributed by atoms with Gasteiger partial charge in [0.2, 0.25) is 0 Å². The summed E-state index contributed by atoms with van der Waals surface area (Å²) in [5.41, 5.74) is 1.37. The Balaban J connectivity index is 3.16. The zero-order valence-corrected chi connectivity index (χ0v) is 9.90. The molecule has 0 spiro atoms. The van der Waals surface area contributed by atoms with E-state index in [2.05, 4.69) is 15.9 Å². The van der Waals surface area contributed by atoms with Crippen LogP contribution >= 0.6 is 27.5 Å². The Morgan fingerprint density at radius 1 is 1.64 bits per heavy atom.